The Morgan fingerprint density at radius 2 is 0.427 bits per heavy atom. The SMILES string of the molecule is c1ccc(-n2c3ccccc3c3c2ccc2c4ccccc4n(-c4ccc5c(c4)oc4ccccc45)c23)cc1.c1ccc(-n2c3ccccc3c3c4c5ccccc5n(-c5cccc6c5oc5ccccc56)c4ccc32)cc1.c1ccc(-n2c3ccccc3c3ccc4c(c5ccccc5n4-c4cccc5c4oc4ccccc45)c32)cc1. The lowest BCUT2D eigenvalue weighted by Gasteiger charge is -2.10. The van der Waals surface area contributed by atoms with E-state index in [9.17, 15) is 0 Å². The van der Waals surface area contributed by atoms with E-state index in [0.717, 1.165) is 105 Å². The highest BCUT2D eigenvalue weighted by Gasteiger charge is 2.27. The lowest BCUT2D eigenvalue weighted by atomic mass is 10.1. The Bertz CT molecular complexity index is 8770. The molecule has 18 aromatic carbocycles. The number of hydrogen-bond acceptors (Lipinski definition) is 3. The molecule has 546 valence electrons. The maximum Gasteiger partial charge on any atom is 0.159 e. The molecule has 9 heteroatoms. The minimum Gasteiger partial charge on any atom is -0.456 e. The van der Waals surface area contributed by atoms with Crippen LogP contribution in [0.1, 0.15) is 0 Å². The summed E-state index contributed by atoms with van der Waals surface area (Å²) in [6, 6.07) is 142. The highest BCUT2D eigenvalue weighted by Crippen LogP contribution is 2.49. The number of benzene rings is 18. The third-order valence-electron chi connectivity index (χ3n) is 24.3. The van der Waals surface area contributed by atoms with Crippen molar-refractivity contribution in [1.82, 2.24) is 27.4 Å². The van der Waals surface area contributed by atoms with Gasteiger partial charge >= 0.3 is 0 Å². The fourth-order valence-electron chi connectivity index (χ4n) is 19.5. The largest absolute Gasteiger partial charge is 0.456 e. The van der Waals surface area contributed by atoms with Crippen molar-refractivity contribution >= 4 is 197 Å². The second kappa shape index (κ2) is 25.3. The molecule has 9 heterocycles. The smallest absolute Gasteiger partial charge is 0.159 e. The third-order valence-corrected chi connectivity index (χ3v) is 24.3. The number of hydrogen-bond donors (Lipinski definition) is 0. The molecule has 0 bridgehead atoms. The molecule has 0 aliphatic carbocycles. The summed E-state index contributed by atoms with van der Waals surface area (Å²) in [5.41, 5.74) is 26.5. The van der Waals surface area contributed by atoms with Crippen LogP contribution in [0.25, 0.3) is 231 Å². The van der Waals surface area contributed by atoms with Crippen LogP contribution < -0.4 is 0 Å². The van der Waals surface area contributed by atoms with Crippen LogP contribution in [0.2, 0.25) is 0 Å². The number of fused-ring (bicyclic) bond motifs is 30. The van der Waals surface area contributed by atoms with E-state index < -0.39 is 0 Å². The lowest BCUT2D eigenvalue weighted by Crippen LogP contribution is -1.95. The van der Waals surface area contributed by atoms with E-state index in [0.29, 0.717) is 0 Å². The molecule has 117 heavy (non-hydrogen) atoms. The minimum atomic E-state index is 0.901. The van der Waals surface area contributed by atoms with Gasteiger partial charge in [0.15, 0.2) is 11.2 Å². The van der Waals surface area contributed by atoms with E-state index in [1.165, 1.54) is 125 Å². The van der Waals surface area contributed by atoms with Crippen molar-refractivity contribution in [3.63, 3.8) is 0 Å². The zero-order chi connectivity index (χ0) is 76.5. The standard InChI is InChI=1S/3C36H22N2O/c1-2-11-23(12-3-1)37-28-17-7-4-14-26(28)34-30(37)21-22-31-35(34)27-15-5-8-18-29(27)38(31)32-19-10-16-25-24-13-6-9-20-33(24)39-36(25)32;1-2-11-23(12-3-1)37-29-17-7-4-13-24(29)26-21-22-31-34(35(26)37)28-15-5-8-18-30(28)38(31)32-19-10-16-27-25-14-6-9-20-33(25)39-36(27)32;1-2-10-23(11-3-1)37-31-16-8-5-14-29(31)35-32(37)21-20-28-25-12-4-7-15-30(25)38(36(28)35)24-18-19-27-26-13-6-9-17-33(26)39-34(27)22-24/h3*1-22H. The molecule has 0 atom stereocenters. The zero-order valence-corrected chi connectivity index (χ0v) is 63.0. The molecule has 0 amide bonds. The Kier molecular flexibility index (Phi) is 14.0. The topological polar surface area (TPSA) is 69.0 Å². The molecule has 0 spiro atoms. The van der Waals surface area contributed by atoms with Gasteiger partial charge in [0.05, 0.1) is 77.6 Å². The molecule has 0 saturated carbocycles. The van der Waals surface area contributed by atoms with Crippen LogP contribution in [0.15, 0.2) is 414 Å². The molecule has 0 saturated heterocycles. The van der Waals surface area contributed by atoms with Gasteiger partial charge in [-0.2, -0.15) is 0 Å². The first-order valence-electron chi connectivity index (χ1n) is 39.9. The van der Waals surface area contributed by atoms with Gasteiger partial charge in [0, 0.05) is 126 Å². The van der Waals surface area contributed by atoms with Gasteiger partial charge in [0.25, 0.3) is 0 Å². The normalized spacial score (nSPS) is 12.1. The average molecular weight is 1500 g/mol. The first kappa shape index (κ1) is 64.8. The Hall–Kier alpha value is -15.8. The second-order valence-electron chi connectivity index (χ2n) is 30.5. The Morgan fingerprint density at radius 1 is 0.145 bits per heavy atom. The highest BCUT2D eigenvalue weighted by atomic mass is 16.3. The van der Waals surface area contributed by atoms with Crippen molar-refractivity contribution in [2.45, 2.75) is 0 Å². The number of rotatable bonds is 6. The first-order chi connectivity index (χ1) is 58.1. The van der Waals surface area contributed by atoms with Gasteiger partial charge in [-0.25, -0.2) is 0 Å². The van der Waals surface area contributed by atoms with Gasteiger partial charge in [0.2, 0.25) is 0 Å². The van der Waals surface area contributed by atoms with Crippen molar-refractivity contribution < 1.29 is 13.3 Å². The van der Waals surface area contributed by atoms with E-state index in [2.05, 4.69) is 391 Å². The lowest BCUT2D eigenvalue weighted by molar-refractivity contribution is 0.666. The van der Waals surface area contributed by atoms with E-state index >= 15 is 0 Å². The van der Waals surface area contributed by atoms with Gasteiger partial charge in [0.1, 0.15) is 22.3 Å². The average Bonchev–Trinajstić information content (AvgIpc) is 1.50. The van der Waals surface area contributed by atoms with Crippen molar-refractivity contribution in [1.29, 1.82) is 0 Å². The summed E-state index contributed by atoms with van der Waals surface area (Å²) in [5.74, 6) is 0. The Labute approximate surface area is 667 Å². The second-order valence-corrected chi connectivity index (χ2v) is 30.5. The van der Waals surface area contributed by atoms with E-state index in [1.807, 2.05) is 36.4 Å². The summed E-state index contributed by atoms with van der Waals surface area (Å²) in [7, 11) is 0. The van der Waals surface area contributed by atoms with Crippen LogP contribution in [0.4, 0.5) is 0 Å². The fraction of sp³-hybridized carbons (Fsp3) is 0. The molecule has 9 aromatic heterocycles. The highest BCUT2D eigenvalue weighted by molar-refractivity contribution is 6.31. The van der Waals surface area contributed by atoms with Gasteiger partial charge in [-0.05, 0) is 140 Å². The van der Waals surface area contributed by atoms with Crippen LogP contribution >= 0.6 is 0 Å². The number of para-hydroxylation sites is 14. The van der Waals surface area contributed by atoms with Crippen molar-refractivity contribution in [3.8, 4) is 34.1 Å². The summed E-state index contributed by atoms with van der Waals surface area (Å²) in [6.07, 6.45) is 0. The maximum atomic E-state index is 6.51. The molecule has 0 radical (unpaired) electrons. The van der Waals surface area contributed by atoms with Crippen LogP contribution in [0.5, 0.6) is 0 Å². The van der Waals surface area contributed by atoms with E-state index in [1.54, 1.807) is 0 Å². The molecule has 0 N–H and O–H groups in total. The summed E-state index contributed by atoms with van der Waals surface area (Å²) in [6.45, 7) is 0. The van der Waals surface area contributed by atoms with Gasteiger partial charge in [-0.3, -0.25) is 0 Å². The molecule has 27 rings (SSSR count). The third kappa shape index (κ3) is 9.47. The van der Waals surface area contributed by atoms with Crippen LogP contribution in [0, 0.1) is 0 Å². The molecule has 0 aliphatic heterocycles. The predicted octanol–water partition coefficient (Wildman–Crippen LogP) is 29.3. The molecule has 27 aromatic rings. The molecular formula is C108H66N6O3. The first-order valence-corrected chi connectivity index (χ1v) is 39.9. The Balaban J connectivity index is 0.0000000980. The van der Waals surface area contributed by atoms with Crippen molar-refractivity contribution in [3.05, 3.63) is 400 Å². The number of aromatic nitrogens is 6. The van der Waals surface area contributed by atoms with E-state index in [4.69, 9.17) is 13.3 Å². The molecule has 9 nitrogen and oxygen atoms in total. The quantitative estimate of drug-likeness (QED) is 0.167. The van der Waals surface area contributed by atoms with Crippen LogP contribution in [0.3, 0.4) is 0 Å². The molecular weight excluding hydrogens is 1430 g/mol. The monoisotopic (exact) mass is 1490 g/mol. The summed E-state index contributed by atoms with van der Waals surface area (Å²) < 4.78 is 33.7. The van der Waals surface area contributed by atoms with Gasteiger partial charge < -0.3 is 40.7 Å². The minimum absolute atomic E-state index is 0.901. The molecule has 0 unspecified atom stereocenters. The number of furan rings is 3. The summed E-state index contributed by atoms with van der Waals surface area (Å²) >= 11 is 0. The van der Waals surface area contributed by atoms with Crippen LogP contribution in [-0.4, -0.2) is 27.4 Å². The molecule has 0 fully saturated rings. The summed E-state index contributed by atoms with van der Waals surface area (Å²) in [5, 5.41) is 21.9. The zero-order valence-electron chi connectivity index (χ0n) is 63.0. The Morgan fingerprint density at radius 3 is 0.872 bits per heavy atom. The molecule has 0 aliphatic rings. The maximum absolute atomic E-state index is 6.51. The number of nitrogens with zero attached hydrogens (tertiary/aromatic N) is 6. The van der Waals surface area contributed by atoms with E-state index in [-0.39, 0.29) is 0 Å². The van der Waals surface area contributed by atoms with Crippen molar-refractivity contribution in [2.75, 3.05) is 0 Å². The fourth-order valence-corrected chi connectivity index (χ4v) is 19.5. The van der Waals surface area contributed by atoms with Crippen molar-refractivity contribution in [2.24, 2.45) is 0 Å². The van der Waals surface area contributed by atoms with Crippen LogP contribution in [-0.2, 0) is 0 Å². The summed E-state index contributed by atoms with van der Waals surface area (Å²) in [4.78, 5) is 0. The predicted molar refractivity (Wildman–Crippen MR) is 487 cm³/mol. The van der Waals surface area contributed by atoms with Gasteiger partial charge in [-0.1, -0.05) is 255 Å². The van der Waals surface area contributed by atoms with Gasteiger partial charge in [-0.15, -0.1) is 0 Å².